The topological polar surface area (TPSA) is 62.2 Å². The van der Waals surface area contributed by atoms with Crippen LogP contribution in [0.5, 0.6) is 0 Å². The van der Waals surface area contributed by atoms with Crippen molar-refractivity contribution < 1.29 is 9.18 Å². The van der Waals surface area contributed by atoms with Crippen molar-refractivity contribution in [3.05, 3.63) is 71.9 Å². The number of carbonyl (C=O) groups is 1. The van der Waals surface area contributed by atoms with Gasteiger partial charge in [-0.15, -0.1) is 0 Å². The predicted molar refractivity (Wildman–Crippen MR) is 134 cm³/mol. The largest absolute Gasteiger partial charge is 0.384 e. The molecule has 3 heterocycles. The molecule has 176 valence electrons. The second kappa shape index (κ2) is 9.33. The van der Waals surface area contributed by atoms with E-state index in [0.717, 1.165) is 78.5 Å². The molecule has 6 nitrogen and oxygen atoms in total. The smallest absolute Gasteiger partial charge is 0.251 e. The van der Waals surface area contributed by atoms with E-state index in [1.807, 2.05) is 38.4 Å². The fraction of sp³-hybridized carbons (Fsp3) is 0.333. The third kappa shape index (κ3) is 4.42. The van der Waals surface area contributed by atoms with E-state index >= 15 is 0 Å². The summed E-state index contributed by atoms with van der Waals surface area (Å²) in [6.45, 7) is 4.44. The van der Waals surface area contributed by atoms with Crippen LogP contribution in [-0.2, 0) is 11.8 Å². The van der Waals surface area contributed by atoms with Crippen molar-refractivity contribution in [1.29, 1.82) is 0 Å². The first-order chi connectivity index (χ1) is 16.5. The van der Waals surface area contributed by atoms with Crippen LogP contribution >= 0.6 is 0 Å². The normalized spacial score (nSPS) is 16.3. The maximum absolute atomic E-state index is 13.4. The zero-order chi connectivity index (χ0) is 23.7. The summed E-state index contributed by atoms with van der Waals surface area (Å²) in [5.74, 6) is 0.700. The lowest BCUT2D eigenvalue weighted by Crippen LogP contribution is -2.45. The summed E-state index contributed by atoms with van der Waals surface area (Å²) in [7, 11) is 2.00. The summed E-state index contributed by atoms with van der Waals surface area (Å²) >= 11 is 0. The highest BCUT2D eigenvalue weighted by Crippen LogP contribution is 2.32. The standard InChI is InChI=1S/C27H30FN5O/c1-18-30-17-26(32(18)2)19-5-10-25-24(16-19)23(4-3-13-29-25)27(34)31-21-11-14-33(15-12-21)22-8-6-20(28)7-9-22/h4-10,16-17,21,29H,3,11-15H2,1-2H3,(H,31,34). The van der Waals surface area contributed by atoms with Crippen LogP contribution in [0.3, 0.4) is 0 Å². The molecular formula is C27H30FN5O. The van der Waals surface area contributed by atoms with Crippen LogP contribution in [0.1, 0.15) is 30.7 Å². The molecule has 1 saturated heterocycles. The van der Waals surface area contributed by atoms with E-state index in [4.69, 9.17) is 0 Å². The Morgan fingerprint density at radius 3 is 2.62 bits per heavy atom. The van der Waals surface area contributed by atoms with Crippen LogP contribution in [0.15, 0.2) is 54.7 Å². The van der Waals surface area contributed by atoms with Gasteiger partial charge in [0.05, 0.1) is 11.9 Å². The van der Waals surface area contributed by atoms with Gasteiger partial charge in [0.2, 0.25) is 0 Å². The molecule has 0 unspecified atom stereocenters. The Bertz CT molecular complexity index is 1220. The summed E-state index contributed by atoms with van der Waals surface area (Å²) in [4.78, 5) is 20.1. The number of nitrogens with zero attached hydrogens (tertiary/aromatic N) is 3. The number of nitrogens with one attached hydrogen (secondary N) is 2. The number of aryl methyl sites for hydroxylation is 1. The van der Waals surface area contributed by atoms with Crippen molar-refractivity contribution in [2.24, 2.45) is 7.05 Å². The fourth-order valence-corrected chi connectivity index (χ4v) is 4.80. The van der Waals surface area contributed by atoms with Crippen molar-refractivity contribution in [1.82, 2.24) is 14.9 Å². The van der Waals surface area contributed by atoms with E-state index in [1.165, 1.54) is 12.1 Å². The molecule has 1 aromatic heterocycles. The monoisotopic (exact) mass is 459 g/mol. The first-order valence-electron chi connectivity index (χ1n) is 11.9. The maximum atomic E-state index is 13.4. The quantitative estimate of drug-likeness (QED) is 0.602. The van der Waals surface area contributed by atoms with Crippen LogP contribution < -0.4 is 15.5 Å². The molecule has 2 aliphatic heterocycles. The number of amides is 1. The van der Waals surface area contributed by atoms with Crippen LogP contribution in [0.4, 0.5) is 15.8 Å². The van der Waals surface area contributed by atoms with E-state index in [2.05, 4.69) is 43.3 Å². The van der Waals surface area contributed by atoms with Crippen molar-refractivity contribution in [2.75, 3.05) is 29.9 Å². The fourth-order valence-electron chi connectivity index (χ4n) is 4.80. The van der Waals surface area contributed by atoms with Crippen LogP contribution in [-0.4, -0.2) is 41.1 Å². The van der Waals surface area contributed by atoms with Gasteiger partial charge in [-0.25, -0.2) is 9.37 Å². The first-order valence-corrected chi connectivity index (χ1v) is 11.9. The van der Waals surface area contributed by atoms with Gasteiger partial charge in [-0.2, -0.15) is 0 Å². The van der Waals surface area contributed by atoms with E-state index in [9.17, 15) is 9.18 Å². The van der Waals surface area contributed by atoms with Gasteiger partial charge in [-0.1, -0.05) is 12.1 Å². The van der Waals surface area contributed by atoms with Gasteiger partial charge in [0.15, 0.2) is 0 Å². The molecule has 1 amide bonds. The Balaban J connectivity index is 1.31. The SMILES string of the molecule is Cc1ncc(-c2ccc3c(c2)C(C(=O)NC2CCN(c4ccc(F)cc4)CC2)=CCCN3)n1C. The van der Waals surface area contributed by atoms with Crippen LogP contribution in [0.25, 0.3) is 16.8 Å². The minimum absolute atomic E-state index is 0.0245. The van der Waals surface area contributed by atoms with Gasteiger partial charge in [-0.3, -0.25) is 4.79 Å². The highest BCUT2D eigenvalue weighted by Gasteiger charge is 2.25. The molecule has 0 spiro atoms. The summed E-state index contributed by atoms with van der Waals surface area (Å²) in [5.41, 5.74) is 5.72. The molecule has 0 bridgehead atoms. The molecular weight excluding hydrogens is 429 g/mol. The number of benzene rings is 2. The number of hydrogen-bond donors (Lipinski definition) is 2. The Labute approximate surface area is 199 Å². The zero-order valence-electron chi connectivity index (χ0n) is 19.6. The Morgan fingerprint density at radius 1 is 1.15 bits per heavy atom. The molecule has 34 heavy (non-hydrogen) atoms. The van der Waals surface area contributed by atoms with Crippen LogP contribution in [0, 0.1) is 12.7 Å². The average molecular weight is 460 g/mol. The van der Waals surface area contributed by atoms with Crippen molar-refractivity contribution in [2.45, 2.75) is 32.2 Å². The van der Waals surface area contributed by atoms with E-state index in [0.29, 0.717) is 0 Å². The third-order valence-electron chi connectivity index (χ3n) is 6.90. The number of anilines is 2. The number of aromatic nitrogens is 2. The number of carbonyl (C=O) groups excluding carboxylic acids is 1. The molecule has 2 aliphatic rings. The van der Waals surface area contributed by atoms with Crippen molar-refractivity contribution >= 4 is 22.9 Å². The van der Waals surface area contributed by atoms with E-state index in [-0.39, 0.29) is 17.8 Å². The van der Waals surface area contributed by atoms with Gasteiger partial charge < -0.3 is 20.1 Å². The summed E-state index contributed by atoms with van der Waals surface area (Å²) in [6, 6.07) is 13.0. The number of piperidine rings is 1. The lowest BCUT2D eigenvalue weighted by atomic mass is 9.97. The average Bonchev–Trinajstić information content (AvgIpc) is 3.05. The molecule has 7 heteroatoms. The number of rotatable bonds is 4. The van der Waals surface area contributed by atoms with Crippen LogP contribution in [0.2, 0.25) is 0 Å². The molecule has 0 aliphatic carbocycles. The first kappa shape index (κ1) is 22.2. The second-order valence-corrected chi connectivity index (χ2v) is 9.05. The predicted octanol–water partition coefficient (Wildman–Crippen LogP) is 4.52. The Hall–Kier alpha value is -3.61. The molecule has 0 radical (unpaired) electrons. The summed E-state index contributed by atoms with van der Waals surface area (Å²) in [6.07, 6.45) is 6.42. The third-order valence-corrected chi connectivity index (χ3v) is 6.90. The summed E-state index contributed by atoms with van der Waals surface area (Å²) in [5, 5.41) is 6.73. The van der Waals surface area contributed by atoms with Gasteiger partial charge in [-0.05, 0) is 62.6 Å². The second-order valence-electron chi connectivity index (χ2n) is 9.05. The highest BCUT2D eigenvalue weighted by molar-refractivity contribution is 6.21. The summed E-state index contributed by atoms with van der Waals surface area (Å²) < 4.78 is 15.3. The molecule has 2 N–H and O–H groups in total. The Kier molecular flexibility index (Phi) is 6.09. The minimum atomic E-state index is -0.223. The highest BCUT2D eigenvalue weighted by atomic mass is 19.1. The Morgan fingerprint density at radius 2 is 1.91 bits per heavy atom. The number of hydrogen-bond acceptors (Lipinski definition) is 4. The maximum Gasteiger partial charge on any atom is 0.251 e. The van der Waals surface area contributed by atoms with Gasteiger partial charge in [0.25, 0.3) is 5.91 Å². The van der Waals surface area contributed by atoms with Gasteiger partial charge in [0.1, 0.15) is 11.6 Å². The van der Waals surface area contributed by atoms with E-state index < -0.39 is 0 Å². The van der Waals surface area contributed by atoms with Gasteiger partial charge in [0, 0.05) is 60.8 Å². The molecule has 0 saturated carbocycles. The lowest BCUT2D eigenvalue weighted by molar-refractivity contribution is -0.116. The molecule has 3 aromatic rings. The minimum Gasteiger partial charge on any atom is -0.384 e. The van der Waals surface area contributed by atoms with Crippen molar-refractivity contribution in [3.8, 4) is 11.3 Å². The van der Waals surface area contributed by atoms with Gasteiger partial charge >= 0.3 is 0 Å². The molecule has 0 atom stereocenters. The van der Waals surface area contributed by atoms with E-state index in [1.54, 1.807) is 0 Å². The lowest BCUT2D eigenvalue weighted by Gasteiger charge is -2.34. The number of fused-ring (bicyclic) bond motifs is 1. The molecule has 2 aromatic carbocycles. The molecule has 5 rings (SSSR count). The zero-order valence-corrected chi connectivity index (χ0v) is 19.6. The molecule has 1 fully saturated rings. The van der Waals surface area contributed by atoms with Crippen molar-refractivity contribution in [3.63, 3.8) is 0 Å². The number of imidazole rings is 1. The number of halogens is 1.